The molecule has 2 saturated heterocycles. The number of hydrogen-bond donors (Lipinski definition) is 4. The molecule has 0 spiro atoms. The van der Waals surface area contributed by atoms with Crippen LogP contribution in [0.5, 0.6) is 11.5 Å². The van der Waals surface area contributed by atoms with E-state index in [2.05, 4.69) is 10.3 Å². The fraction of sp³-hybridized carbons (Fsp3) is 0.517. The Morgan fingerprint density at radius 1 is 0.785 bits per heavy atom. The van der Waals surface area contributed by atoms with Crippen molar-refractivity contribution in [2.75, 3.05) is 47.1 Å². The smallest absolute Gasteiger partial charge is 0.330 e. The summed E-state index contributed by atoms with van der Waals surface area (Å²) in [5, 5.41) is 23.4. The molecule has 21 heteroatoms. The maximum absolute atomic E-state index is 14.3. The third kappa shape index (κ3) is 16.6. The van der Waals surface area contributed by atoms with Gasteiger partial charge in [0.15, 0.2) is 24.7 Å². The van der Waals surface area contributed by atoms with Crippen LogP contribution in [0.3, 0.4) is 0 Å². The molecule has 1 aromatic heterocycles. The van der Waals surface area contributed by atoms with Gasteiger partial charge >= 0.3 is 23.6 Å². The van der Waals surface area contributed by atoms with Gasteiger partial charge in [0.2, 0.25) is 11.8 Å². The lowest BCUT2D eigenvalue weighted by molar-refractivity contribution is -0.265. The molecule has 2 fully saturated rings. The van der Waals surface area contributed by atoms with Crippen molar-refractivity contribution in [2.24, 2.45) is 0 Å². The highest BCUT2D eigenvalue weighted by atomic mass is 16.7. The monoisotopic (exact) mass is 1100 g/mol. The van der Waals surface area contributed by atoms with E-state index in [9.17, 15) is 43.8 Å². The van der Waals surface area contributed by atoms with Crippen molar-refractivity contribution in [3.05, 3.63) is 135 Å². The zero-order valence-electron chi connectivity index (χ0n) is 45.9. The quantitative estimate of drug-likeness (QED) is 0.0291. The number of rotatable bonds is 29. The molecule has 6 rings (SSSR count). The molecule has 2 aliphatic rings. The average Bonchev–Trinajstić information content (AvgIpc) is 3.59. The number of H-pyrrole nitrogens is 1. The number of ether oxygens (including phenoxy) is 8. The van der Waals surface area contributed by atoms with Crippen LogP contribution in [0, 0.1) is 13.3 Å². The van der Waals surface area contributed by atoms with Gasteiger partial charge < -0.3 is 58.3 Å². The maximum Gasteiger partial charge on any atom is 0.330 e. The number of aryl methyl sites for hydroxylation is 1. The fourth-order valence-corrected chi connectivity index (χ4v) is 10.1. The van der Waals surface area contributed by atoms with Gasteiger partial charge in [-0.1, -0.05) is 99.5 Å². The van der Waals surface area contributed by atoms with E-state index in [4.69, 9.17) is 37.9 Å². The molecular weight excluding hydrogens is 1020 g/mol. The number of carboxylic acid groups (broad SMARTS) is 1. The number of hydrogen-bond acceptors (Lipinski definition) is 16. The summed E-state index contributed by atoms with van der Waals surface area (Å²) in [5.74, 6) is -1.98. The SMILES string of the molecule is COc1ccc(C(OC[C@]2(CO)CN(C(=O)CCCCCCCCCCCO[C@@H]3O[C@H]([CH]CC(=O)O)[C@@H](OC(C)=O)[C@H](OC(C)=O)[C@H]3NC(C)=O)C[C@H](n3cc(C)c(=O)[nH]c3=O)O2)(c2ccccc2)c2ccc(OC)cc2)cc1. The van der Waals surface area contributed by atoms with Gasteiger partial charge in [0.05, 0.1) is 46.9 Å². The first-order valence-electron chi connectivity index (χ1n) is 26.7. The van der Waals surface area contributed by atoms with Crippen molar-refractivity contribution in [1.29, 1.82) is 0 Å². The Morgan fingerprint density at radius 3 is 1.89 bits per heavy atom. The number of aliphatic hydroxyl groups excluding tert-OH is 1. The van der Waals surface area contributed by atoms with Gasteiger partial charge in [0, 0.05) is 52.0 Å². The number of benzene rings is 3. The van der Waals surface area contributed by atoms with Gasteiger partial charge in [-0.2, -0.15) is 0 Å². The zero-order chi connectivity index (χ0) is 57.1. The van der Waals surface area contributed by atoms with E-state index in [1.165, 1.54) is 24.1 Å². The van der Waals surface area contributed by atoms with Crippen LogP contribution in [-0.2, 0) is 58.0 Å². The van der Waals surface area contributed by atoms with Gasteiger partial charge in [-0.3, -0.25) is 38.3 Å². The highest BCUT2D eigenvalue weighted by molar-refractivity contribution is 5.76. The third-order valence-corrected chi connectivity index (χ3v) is 14.0. The summed E-state index contributed by atoms with van der Waals surface area (Å²) in [7, 11) is 3.17. The zero-order valence-corrected chi connectivity index (χ0v) is 45.9. The molecule has 0 saturated carbocycles. The Labute approximate surface area is 459 Å². The van der Waals surface area contributed by atoms with Crippen molar-refractivity contribution in [3.8, 4) is 11.5 Å². The lowest BCUT2D eigenvalue weighted by atomic mass is 9.79. The summed E-state index contributed by atoms with van der Waals surface area (Å²) in [4.78, 5) is 91.9. The van der Waals surface area contributed by atoms with E-state index in [-0.39, 0.29) is 44.2 Å². The van der Waals surface area contributed by atoms with E-state index >= 15 is 0 Å². The van der Waals surface area contributed by atoms with Crippen molar-refractivity contribution >= 4 is 29.7 Å². The summed E-state index contributed by atoms with van der Waals surface area (Å²) >= 11 is 0. The second kappa shape index (κ2) is 29.3. The first-order chi connectivity index (χ1) is 37.9. The first-order valence-corrected chi connectivity index (χ1v) is 26.7. The number of aliphatic hydroxyl groups is 1. The van der Waals surface area contributed by atoms with Crippen LogP contribution in [0.15, 0.2) is 94.6 Å². The Kier molecular flexibility index (Phi) is 22.8. The van der Waals surface area contributed by atoms with Gasteiger partial charge in [-0.15, -0.1) is 0 Å². The highest BCUT2D eigenvalue weighted by Crippen LogP contribution is 2.43. The van der Waals surface area contributed by atoms with E-state index < -0.39 is 96.2 Å². The lowest BCUT2D eigenvalue weighted by Crippen LogP contribution is -2.66. The van der Waals surface area contributed by atoms with Crippen LogP contribution in [0.4, 0.5) is 0 Å². The lowest BCUT2D eigenvalue weighted by Gasteiger charge is -2.47. The minimum Gasteiger partial charge on any atom is -0.497 e. The Bertz CT molecular complexity index is 2700. The van der Waals surface area contributed by atoms with Gasteiger partial charge in [-0.05, 0) is 60.7 Å². The minimum absolute atomic E-state index is 0.0291. The van der Waals surface area contributed by atoms with Crippen molar-refractivity contribution in [1.82, 2.24) is 19.8 Å². The molecule has 4 aromatic rings. The number of methoxy groups -OCH3 is 2. The van der Waals surface area contributed by atoms with E-state index in [1.54, 1.807) is 26.0 Å². The number of aliphatic carboxylic acids is 1. The van der Waals surface area contributed by atoms with E-state index in [0.717, 1.165) is 75.5 Å². The number of amides is 2. The number of unbranched alkanes of at least 4 members (excludes halogenated alkanes) is 8. The number of aromatic nitrogens is 2. The normalized spacial score (nSPS) is 21.2. The van der Waals surface area contributed by atoms with Crippen molar-refractivity contribution in [3.63, 3.8) is 0 Å². The average molecular weight is 1100 g/mol. The van der Waals surface area contributed by atoms with Gasteiger partial charge in [-0.25, -0.2) is 4.79 Å². The van der Waals surface area contributed by atoms with Crippen LogP contribution in [0.2, 0.25) is 0 Å². The highest BCUT2D eigenvalue weighted by Gasteiger charge is 2.51. The van der Waals surface area contributed by atoms with Crippen LogP contribution < -0.4 is 26.0 Å². The second-order valence-corrected chi connectivity index (χ2v) is 19.9. The number of carbonyl (C=O) groups excluding carboxylic acids is 4. The maximum atomic E-state index is 14.3. The molecule has 79 heavy (non-hydrogen) atoms. The number of aromatic amines is 1. The van der Waals surface area contributed by atoms with Gasteiger partial charge in [0.25, 0.3) is 5.56 Å². The van der Waals surface area contributed by atoms with E-state index in [1.807, 2.05) is 78.9 Å². The van der Waals surface area contributed by atoms with Crippen molar-refractivity contribution < 1.29 is 72.1 Å². The number of nitrogens with one attached hydrogen (secondary N) is 2. The summed E-state index contributed by atoms with van der Waals surface area (Å²) in [6, 6.07) is 23.5. The molecular formula is C58H75N4O17. The second-order valence-electron chi connectivity index (χ2n) is 19.9. The predicted octanol–water partition coefficient (Wildman–Crippen LogP) is 5.65. The molecule has 0 unspecified atom stereocenters. The molecule has 3 heterocycles. The largest absolute Gasteiger partial charge is 0.497 e. The first kappa shape index (κ1) is 61.3. The summed E-state index contributed by atoms with van der Waals surface area (Å²) in [6.45, 7) is 4.44. The van der Waals surface area contributed by atoms with E-state index in [0.29, 0.717) is 24.3 Å². The molecule has 3 aromatic carbocycles. The molecule has 2 aliphatic heterocycles. The van der Waals surface area contributed by atoms with Crippen molar-refractivity contribution in [2.45, 2.75) is 146 Å². The van der Waals surface area contributed by atoms with Crippen LogP contribution >= 0.6 is 0 Å². The number of esters is 2. The molecule has 7 atom stereocenters. The topological polar surface area (TPSA) is 270 Å². The molecule has 0 bridgehead atoms. The Balaban J connectivity index is 1.06. The molecule has 429 valence electrons. The number of carbonyl (C=O) groups is 5. The minimum atomic E-state index is -1.55. The number of carboxylic acids is 1. The molecule has 0 aliphatic carbocycles. The predicted molar refractivity (Wildman–Crippen MR) is 287 cm³/mol. The van der Waals surface area contributed by atoms with Crippen LogP contribution in [0.1, 0.15) is 120 Å². The summed E-state index contributed by atoms with van der Waals surface area (Å²) < 4.78 is 49.2. The standard InChI is InChI=1S/C58H75N4O17/c1-38-33-62(56(71)60-54(38)70)49-34-61(35-57(36-63,79-49)37-75-58(42-19-15-14-16-20-42,43-22-26-45(72-5)27-23-43)44-24-28-46(73-6)29-25-44)48(67)21-17-12-10-8-7-9-11-13-18-32-74-55-51(59-39(2)64)53(77-41(4)66)52(76-40(3)65)47(78-55)30-31-50(68)69/h14-16,19-20,22-30,33,47,49,51-53,55,63H,7-13,17-18,21,31-32,34-37H2,1-6H3,(H,59,64)(H,68,69)(H,60,70,71)/t47-,49-,51-,52-,53-,55-,57-/m1/s1. The molecule has 1 radical (unpaired) electrons. The molecule has 2 amide bonds. The molecule has 21 nitrogen and oxygen atoms in total. The third-order valence-electron chi connectivity index (χ3n) is 14.0. The molecule has 4 N–H and O–H groups in total. The summed E-state index contributed by atoms with van der Waals surface area (Å²) in [5.41, 5.74) is -1.63. The number of nitrogens with zero attached hydrogens (tertiary/aromatic N) is 2. The van der Waals surface area contributed by atoms with Gasteiger partial charge in [0.1, 0.15) is 34.8 Å². The Morgan fingerprint density at radius 2 is 1.34 bits per heavy atom. The Hall–Kier alpha value is -6.91. The van der Waals surface area contributed by atoms with Crippen LogP contribution in [-0.4, -0.2) is 138 Å². The van der Waals surface area contributed by atoms with Crippen LogP contribution in [0.25, 0.3) is 0 Å². The fourth-order valence-electron chi connectivity index (χ4n) is 10.1. The summed E-state index contributed by atoms with van der Waals surface area (Å²) in [6.07, 6.45) is 4.10. The number of morpholine rings is 1.